The summed E-state index contributed by atoms with van der Waals surface area (Å²) >= 11 is 0. The molecule has 1 amide bonds. The molecule has 0 spiro atoms. The molecule has 0 unspecified atom stereocenters. The summed E-state index contributed by atoms with van der Waals surface area (Å²) in [6.07, 6.45) is 1.27. The molecule has 0 atom stereocenters. The van der Waals surface area contributed by atoms with Gasteiger partial charge in [0.2, 0.25) is 0 Å². The number of hydrogen-bond donors (Lipinski definition) is 1. The first-order valence-electron chi connectivity index (χ1n) is 11.7. The topological polar surface area (TPSA) is 131 Å². The number of nitro benzene ring substituents is 1. The Hall–Kier alpha value is -5.03. The number of non-ortho nitro benzene ring substituents is 1. The lowest BCUT2D eigenvalue weighted by atomic mass is 10.1. The molecular formula is C28H24N4O6S. The van der Waals surface area contributed by atoms with E-state index in [0.29, 0.717) is 16.9 Å². The number of benzene rings is 4. The predicted molar refractivity (Wildman–Crippen MR) is 147 cm³/mol. The molecule has 0 bridgehead atoms. The van der Waals surface area contributed by atoms with Crippen molar-refractivity contribution in [3.8, 4) is 5.75 Å². The smallest absolute Gasteiger partial charge is 0.273 e. The third kappa shape index (κ3) is 6.46. The third-order valence-corrected chi connectivity index (χ3v) is 7.47. The van der Waals surface area contributed by atoms with Crippen molar-refractivity contribution in [3.63, 3.8) is 0 Å². The van der Waals surface area contributed by atoms with Gasteiger partial charge in [-0.3, -0.25) is 19.2 Å². The maximum Gasteiger partial charge on any atom is 0.273 e. The summed E-state index contributed by atoms with van der Waals surface area (Å²) in [7, 11) is -2.63. The Morgan fingerprint density at radius 1 is 0.974 bits per heavy atom. The third-order valence-electron chi connectivity index (χ3n) is 5.69. The van der Waals surface area contributed by atoms with E-state index >= 15 is 0 Å². The van der Waals surface area contributed by atoms with Crippen molar-refractivity contribution in [1.29, 1.82) is 0 Å². The molecule has 0 radical (unpaired) electrons. The van der Waals surface area contributed by atoms with Gasteiger partial charge < -0.3 is 4.74 Å². The zero-order chi connectivity index (χ0) is 27.8. The van der Waals surface area contributed by atoms with E-state index in [9.17, 15) is 23.3 Å². The standard InChI is InChI=1S/C28H24N4O6S/c1-38-24-14-16-25(17-15-24)39(36,37)31(20-21-8-3-2-4-9-21)27-13-6-5-12-26(27)28(33)30-29-19-22-10-7-11-23(18-22)32(34)35/h2-19H,20H2,1H3,(H,30,33)/b29-19-. The molecule has 0 heterocycles. The average molecular weight is 545 g/mol. The number of nitrogens with one attached hydrogen (secondary N) is 1. The Morgan fingerprint density at radius 2 is 1.67 bits per heavy atom. The lowest BCUT2D eigenvalue weighted by Crippen LogP contribution is -2.33. The van der Waals surface area contributed by atoms with Crippen LogP contribution < -0.4 is 14.5 Å². The maximum absolute atomic E-state index is 13.9. The number of hydrazone groups is 1. The second-order valence-electron chi connectivity index (χ2n) is 8.24. The first kappa shape index (κ1) is 27.0. The highest BCUT2D eigenvalue weighted by atomic mass is 32.2. The molecule has 0 aliphatic rings. The summed E-state index contributed by atoms with van der Waals surface area (Å²) in [6, 6.07) is 27.0. The van der Waals surface area contributed by atoms with Gasteiger partial charge in [-0.05, 0) is 42.0 Å². The number of nitro groups is 1. The Bertz CT molecular complexity index is 1610. The number of ether oxygens (including phenoxy) is 1. The number of rotatable bonds is 10. The molecular weight excluding hydrogens is 520 g/mol. The highest BCUT2D eigenvalue weighted by Crippen LogP contribution is 2.30. The van der Waals surface area contributed by atoms with Gasteiger partial charge in [0.05, 0.1) is 40.9 Å². The van der Waals surface area contributed by atoms with Gasteiger partial charge >= 0.3 is 0 Å². The first-order valence-corrected chi connectivity index (χ1v) is 13.1. The SMILES string of the molecule is COc1ccc(S(=O)(=O)N(Cc2ccccc2)c2ccccc2C(=O)N/N=C\c2cccc([N+](=O)[O-])c2)cc1. The zero-order valence-electron chi connectivity index (χ0n) is 20.8. The average Bonchev–Trinajstić information content (AvgIpc) is 2.96. The van der Waals surface area contributed by atoms with E-state index in [4.69, 9.17) is 4.74 Å². The fourth-order valence-corrected chi connectivity index (χ4v) is 5.22. The molecule has 4 rings (SSSR count). The highest BCUT2D eigenvalue weighted by molar-refractivity contribution is 7.92. The number of hydrogen-bond acceptors (Lipinski definition) is 7. The molecule has 0 saturated carbocycles. The van der Waals surface area contributed by atoms with Crippen LogP contribution in [0.25, 0.3) is 0 Å². The van der Waals surface area contributed by atoms with Gasteiger partial charge in [0.1, 0.15) is 5.75 Å². The summed E-state index contributed by atoms with van der Waals surface area (Å²) in [6.45, 7) is -0.0313. The number of para-hydroxylation sites is 1. The Kier molecular flexibility index (Phi) is 8.32. The van der Waals surface area contributed by atoms with Gasteiger partial charge in [0.25, 0.3) is 21.6 Å². The summed E-state index contributed by atoms with van der Waals surface area (Å²) in [5.41, 5.74) is 3.62. The maximum atomic E-state index is 13.9. The van der Waals surface area contributed by atoms with Crippen LogP contribution in [0.15, 0.2) is 113 Å². The number of carbonyl (C=O) groups is 1. The van der Waals surface area contributed by atoms with Crippen molar-refractivity contribution in [1.82, 2.24) is 5.43 Å². The van der Waals surface area contributed by atoms with Crippen LogP contribution in [0.2, 0.25) is 0 Å². The fraction of sp³-hybridized carbons (Fsp3) is 0.0714. The molecule has 0 aliphatic carbocycles. The van der Waals surface area contributed by atoms with Crippen molar-refractivity contribution in [2.75, 3.05) is 11.4 Å². The van der Waals surface area contributed by atoms with E-state index in [1.54, 1.807) is 60.7 Å². The largest absolute Gasteiger partial charge is 0.497 e. The van der Waals surface area contributed by atoms with Gasteiger partial charge in [0, 0.05) is 17.7 Å². The lowest BCUT2D eigenvalue weighted by molar-refractivity contribution is -0.384. The van der Waals surface area contributed by atoms with Gasteiger partial charge in [-0.1, -0.05) is 54.6 Å². The predicted octanol–water partition coefficient (Wildman–Crippen LogP) is 4.76. The monoisotopic (exact) mass is 544 g/mol. The molecule has 39 heavy (non-hydrogen) atoms. The zero-order valence-corrected chi connectivity index (χ0v) is 21.6. The van der Waals surface area contributed by atoms with Crippen molar-refractivity contribution in [3.05, 3.63) is 130 Å². The van der Waals surface area contributed by atoms with Crippen LogP contribution in [0.3, 0.4) is 0 Å². The van der Waals surface area contributed by atoms with Crippen molar-refractivity contribution >= 4 is 33.5 Å². The van der Waals surface area contributed by atoms with Crippen molar-refractivity contribution < 1.29 is 22.9 Å². The van der Waals surface area contributed by atoms with E-state index in [-0.39, 0.29) is 28.4 Å². The quantitative estimate of drug-likeness (QED) is 0.174. The van der Waals surface area contributed by atoms with Crippen LogP contribution in [0.1, 0.15) is 21.5 Å². The summed E-state index contributed by atoms with van der Waals surface area (Å²) in [5.74, 6) is -0.153. The molecule has 0 aromatic heterocycles. The van der Waals surface area contributed by atoms with Crippen molar-refractivity contribution in [2.45, 2.75) is 11.4 Å². The summed E-state index contributed by atoms with van der Waals surface area (Å²) < 4.78 is 34.1. The molecule has 4 aromatic carbocycles. The highest BCUT2D eigenvalue weighted by Gasteiger charge is 2.28. The van der Waals surface area contributed by atoms with Crippen LogP contribution in [-0.4, -0.2) is 32.6 Å². The molecule has 0 fully saturated rings. The van der Waals surface area contributed by atoms with E-state index in [1.165, 1.54) is 54.0 Å². The minimum Gasteiger partial charge on any atom is -0.497 e. The van der Waals surface area contributed by atoms with Crippen LogP contribution in [0, 0.1) is 10.1 Å². The molecule has 11 heteroatoms. The molecule has 10 nitrogen and oxygen atoms in total. The van der Waals surface area contributed by atoms with Crippen LogP contribution in [-0.2, 0) is 16.6 Å². The Morgan fingerprint density at radius 3 is 2.36 bits per heavy atom. The summed E-state index contributed by atoms with van der Waals surface area (Å²) in [5, 5.41) is 14.9. The number of amides is 1. The lowest BCUT2D eigenvalue weighted by Gasteiger charge is -2.26. The summed E-state index contributed by atoms with van der Waals surface area (Å²) in [4.78, 5) is 23.7. The van der Waals surface area contributed by atoms with Crippen LogP contribution in [0.4, 0.5) is 11.4 Å². The second kappa shape index (κ2) is 12.0. The minimum absolute atomic E-state index is 0.0261. The number of carbonyl (C=O) groups excluding carboxylic acids is 1. The van der Waals surface area contributed by atoms with Crippen LogP contribution >= 0.6 is 0 Å². The van der Waals surface area contributed by atoms with E-state index in [0.717, 1.165) is 0 Å². The van der Waals surface area contributed by atoms with E-state index in [1.807, 2.05) is 6.07 Å². The molecule has 1 N–H and O–H groups in total. The van der Waals surface area contributed by atoms with Gasteiger partial charge in [-0.15, -0.1) is 0 Å². The Balaban J connectivity index is 1.68. The van der Waals surface area contributed by atoms with E-state index < -0.39 is 20.9 Å². The normalized spacial score (nSPS) is 11.2. The molecule has 0 aliphatic heterocycles. The second-order valence-corrected chi connectivity index (χ2v) is 10.1. The number of anilines is 1. The van der Waals surface area contributed by atoms with Gasteiger partial charge in [-0.25, -0.2) is 13.8 Å². The number of nitrogens with zero attached hydrogens (tertiary/aromatic N) is 3. The van der Waals surface area contributed by atoms with Crippen LogP contribution in [0.5, 0.6) is 5.75 Å². The fourth-order valence-electron chi connectivity index (χ4n) is 3.75. The Labute approximate surface area is 225 Å². The molecule has 4 aromatic rings. The number of sulfonamides is 1. The number of methoxy groups -OCH3 is 1. The molecule has 198 valence electrons. The van der Waals surface area contributed by atoms with Gasteiger partial charge in [0.15, 0.2) is 0 Å². The molecule has 0 saturated heterocycles. The van der Waals surface area contributed by atoms with Crippen molar-refractivity contribution in [2.24, 2.45) is 5.10 Å². The minimum atomic E-state index is -4.11. The first-order chi connectivity index (χ1) is 18.8. The van der Waals surface area contributed by atoms with E-state index in [2.05, 4.69) is 10.5 Å². The van der Waals surface area contributed by atoms with Gasteiger partial charge in [-0.2, -0.15) is 5.10 Å².